The number of benzene rings is 1. The summed E-state index contributed by atoms with van der Waals surface area (Å²) < 4.78 is 92.1. The predicted molar refractivity (Wildman–Crippen MR) is 54.6 cm³/mol. The number of hydrogen-bond donors (Lipinski definition) is 0. The molecule has 1 aromatic heterocycles. The molecule has 0 aliphatic rings. The third-order valence-electron chi connectivity index (χ3n) is 2.48. The average Bonchev–Trinajstić information content (AvgIpc) is 2.88. The average molecular weight is 314 g/mol. The Balaban J connectivity index is 2.41. The summed E-state index contributed by atoms with van der Waals surface area (Å²) in [5.41, 5.74) is 0.124. The molecule has 0 aliphatic heterocycles. The minimum Gasteiger partial charge on any atom is -0.332 e. The summed E-state index contributed by atoms with van der Waals surface area (Å²) >= 11 is 0. The molecule has 0 aliphatic carbocycles. The van der Waals surface area contributed by atoms with E-state index in [-0.39, 0.29) is 5.56 Å². The van der Waals surface area contributed by atoms with E-state index < -0.39 is 29.7 Å². The Morgan fingerprint density at radius 1 is 0.857 bits per heavy atom. The van der Waals surface area contributed by atoms with Crippen molar-refractivity contribution in [2.45, 2.75) is 18.0 Å². The van der Waals surface area contributed by atoms with Crippen molar-refractivity contribution in [3.8, 4) is 11.4 Å². The van der Waals surface area contributed by atoms with Crippen molar-refractivity contribution in [2.75, 3.05) is 0 Å². The monoisotopic (exact) mass is 314 g/mol. The van der Waals surface area contributed by atoms with Gasteiger partial charge in [0.15, 0.2) is 0 Å². The van der Waals surface area contributed by atoms with Crippen LogP contribution in [0.15, 0.2) is 34.9 Å². The van der Waals surface area contributed by atoms with Gasteiger partial charge in [0, 0.05) is 5.56 Å². The van der Waals surface area contributed by atoms with Crippen molar-refractivity contribution >= 4 is 0 Å². The van der Waals surface area contributed by atoms with Gasteiger partial charge in [-0.15, -0.1) is 0 Å². The van der Waals surface area contributed by atoms with Crippen LogP contribution in [0, 0.1) is 0 Å². The van der Waals surface area contributed by atoms with E-state index in [0.29, 0.717) is 0 Å². The molecule has 1 aromatic carbocycles. The summed E-state index contributed by atoms with van der Waals surface area (Å²) in [6.45, 7) is 0. The number of nitrogens with zero attached hydrogens (tertiary/aromatic N) is 2. The van der Waals surface area contributed by atoms with E-state index in [0.717, 1.165) is 0 Å². The molecule has 3 nitrogen and oxygen atoms in total. The lowest BCUT2D eigenvalue weighted by molar-refractivity contribution is -0.364. The minimum atomic E-state index is -6.46. The molecule has 0 radical (unpaired) electrons. The van der Waals surface area contributed by atoms with Gasteiger partial charge in [0.2, 0.25) is 5.82 Å². The van der Waals surface area contributed by atoms with Crippen LogP contribution in [-0.2, 0) is 5.92 Å². The minimum absolute atomic E-state index is 0.124. The molecule has 10 heteroatoms. The Kier molecular flexibility index (Phi) is 3.42. The summed E-state index contributed by atoms with van der Waals surface area (Å²) in [4.78, 5) is 2.92. The number of aromatic nitrogens is 2. The molecule has 0 bridgehead atoms. The molecule has 2 aromatic rings. The summed E-state index contributed by atoms with van der Waals surface area (Å²) in [5.74, 6) is -14.6. The van der Waals surface area contributed by atoms with Crippen LogP contribution in [0.4, 0.5) is 30.7 Å². The fourth-order valence-corrected chi connectivity index (χ4v) is 1.37. The topological polar surface area (TPSA) is 38.9 Å². The second kappa shape index (κ2) is 4.71. The summed E-state index contributed by atoms with van der Waals surface area (Å²) in [6.07, 6.45) is -6.46. The van der Waals surface area contributed by atoms with Crippen molar-refractivity contribution in [2.24, 2.45) is 0 Å². The van der Waals surface area contributed by atoms with E-state index in [1.165, 1.54) is 24.3 Å². The lowest BCUT2D eigenvalue weighted by Gasteiger charge is -2.25. The van der Waals surface area contributed by atoms with Gasteiger partial charge in [-0.3, -0.25) is 0 Å². The van der Waals surface area contributed by atoms with E-state index in [4.69, 9.17) is 0 Å². The van der Waals surface area contributed by atoms with Crippen LogP contribution in [-0.4, -0.2) is 22.2 Å². The van der Waals surface area contributed by atoms with Crippen LogP contribution in [0.2, 0.25) is 0 Å². The molecule has 0 amide bonds. The molecular formula is C11H5F7N2O. The zero-order chi connectivity index (χ0) is 15.9. The number of hydrogen-bond acceptors (Lipinski definition) is 3. The molecule has 0 atom stereocenters. The first-order valence-corrected chi connectivity index (χ1v) is 5.29. The molecule has 21 heavy (non-hydrogen) atoms. The van der Waals surface area contributed by atoms with Crippen molar-refractivity contribution in [3.05, 3.63) is 36.2 Å². The van der Waals surface area contributed by atoms with Gasteiger partial charge in [-0.05, 0) is 0 Å². The maximum Gasteiger partial charge on any atom is 0.460 e. The van der Waals surface area contributed by atoms with Gasteiger partial charge in [0.05, 0.1) is 0 Å². The summed E-state index contributed by atoms with van der Waals surface area (Å²) in [7, 11) is 0. The fourth-order valence-electron chi connectivity index (χ4n) is 1.37. The van der Waals surface area contributed by atoms with Gasteiger partial charge in [0.1, 0.15) is 0 Å². The molecule has 0 unspecified atom stereocenters. The van der Waals surface area contributed by atoms with E-state index in [1.54, 1.807) is 6.07 Å². The highest BCUT2D eigenvalue weighted by atomic mass is 19.4. The SMILES string of the molecule is FC(F)(F)C(F)(F)C(F)(F)c1nc(-c2ccccc2)no1. The van der Waals surface area contributed by atoms with Gasteiger partial charge in [-0.2, -0.15) is 35.7 Å². The van der Waals surface area contributed by atoms with Crippen molar-refractivity contribution in [1.82, 2.24) is 10.1 Å². The zero-order valence-electron chi connectivity index (χ0n) is 9.84. The van der Waals surface area contributed by atoms with E-state index in [1.807, 2.05) is 0 Å². The highest BCUT2D eigenvalue weighted by Gasteiger charge is 2.76. The molecule has 2 rings (SSSR count). The molecule has 1 heterocycles. The van der Waals surface area contributed by atoms with Crippen LogP contribution in [0.3, 0.4) is 0 Å². The van der Waals surface area contributed by atoms with Gasteiger partial charge in [0.25, 0.3) is 0 Å². The van der Waals surface area contributed by atoms with Crippen molar-refractivity contribution < 1.29 is 35.3 Å². The second-order valence-corrected chi connectivity index (χ2v) is 3.94. The lowest BCUT2D eigenvalue weighted by atomic mass is 10.1. The molecule has 114 valence electrons. The number of halogens is 7. The van der Waals surface area contributed by atoms with Gasteiger partial charge < -0.3 is 4.52 Å². The van der Waals surface area contributed by atoms with Gasteiger partial charge in [-0.25, -0.2) is 0 Å². The van der Waals surface area contributed by atoms with Crippen LogP contribution >= 0.6 is 0 Å². The quantitative estimate of drug-likeness (QED) is 0.803. The molecule has 0 spiro atoms. The van der Waals surface area contributed by atoms with Crippen LogP contribution < -0.4 is 0 Å². The van der Waals surface area contributed by atoms with Crippen molar-refractivity contribution in [1.29, 1.82) is 0 Å². The Bertz CT molecular complexity index is 621. The van der Waals surface area contributed by atoms with Gasteiger partial charge in [-0.1, -0.05) is 35.5 Å². The lowest BCUT2D eigenvalue weighted by Crippen LogP contribution is -2.50. The smallest absolute Gasteiger partial charge is 0.332 e. The number of alkyl halides is 7. The van der Waals surface area contributed by atoms with Crippen molar-refractivity contribution in [3.63, 3.8) is 0 Å². The summed E-state index contributed by atoms with van der Waals surface area (Å²) in [6, 6.07) is 7.18. The third-order valence-corrected chi connectivity index (χ3v) is 2.48. The second-order valence-electron chi connectivity index (χ2n) is 3.94. The highest BCUT2D eigenvalue weighted by Crippen LogP contribution is 2.51. The Hall–Kier alpha value is -2.13. The van der Waals surface area contributed by atoms with Crippen LogP contribution in [0.25, 0.3) is 11.4 Å². The molecular weight excluding hydrogens is 309 g/mol. The maximum atomic E-state index is 13.3. The molecule has 0 fully saturated rings. The molecule has 0 saturated heterocycles. The predicted octanol–water partition coefficient (Wildman–Crippen LogP) is 4.03. The normalized spacial score (nSPS) is 13.5. The first-order chi connectivity index (χ1) is 9.57. The van der Waals surface area contributed by atoms with Crippen LogP contribution in [0.1, 0.15) is 5.89 Å². The van der Waals surface area contributed by atoms with E-state index >= 15 is 0 Å². The maximum absolute atomic E-state index is 13.3. The first kappa shape index (κ1) is 15.3. The largest absolute Gasteiger partial charge is 0.460 e. The molecule has 0 N–H and O–H groups in total. The van der Waals surface area contributed by atoms with E-state index in [2.05, 4.69) is 14.7 Å². The fraction of sp³-hybridized carbons (Fsp3) is 0.273. The molecule has 0 saturated carbocycles. The van der Waals surface area contributed by atoms with Crippen LogP contribution in [0.5, 0.6) is 0 Å². The highest BCUT2D eigenvalue weighted by molar-refractivity contribution is 5.53. The summed E-state index contributed by atoms with van der Waals surface area (Å²) in [5, 5.41) is 2.98. The Morgan fingerprint density at radius 3 is 1.95 bits per heavy atom. The first-order valence-electron chi connectivity index (χ1n) is 5.29. The zero-order valence-corrected chi connectivity index (χ0v) is 9.84. The third kappa shape index (κ3) is 2.45. The van der Waals surface area contributed by atoms with E-state index in [9.17, 15) is 30.7 Å². The van der Waals surface area contributed by atoms with Gasteiger partial charge >= 0.3 is 23.9 Å². The number of rotatable bonds is 3. The standard InChI is InChI=1S/C11H5F7N2O/c12-9(13,10(14,15)11(16,17)18)8-19-7(20-21-8)6-4-2-1-3-5-6/h1-5H. The Labute approximate surface area is 112 Å². The Morgan fingerprint density at radius 2 is 1.43 bits per heavy atom.